The molecule has 0 fully saturated rings. The molecular formula is C17H18N2O6S. The van der Waals surface area contributed by atoms with Gasteiger partial charge in [-0.05, 0) is 30.8 Å². The van der Waals surface area contributed by atoms with Crippen molar-refractivity contribution in [3.8, 4) is 5.75 Å². The number of carboxylic acid groups (broad SMARTS) is 1. The molecule has 2 aromatic rings. The molecule has 0 spiro atoms. The zero-order chi connectivity index (χ0) is 18.9. The fourth-order valence-electron chi connectivity index (χ4n) is 1.86. The van der Waals surface area contributed by atoms with Crippen molar-refractivity contribution in [3.05, 3.63) is 40.6 Å². The highest BCUT2D eigenvalue weighted by Crippen LogP contribution is 2.30. The van der Waals surface area contributed by atoms with E-state index in [1.807, 2.05) is 6.92 Å². The first kappa shape index (κ1) is 19.5. The molecule has 1 N–H and O–H groups in total. The highest BCUT2D eigenvalue weighted by atomic mass is 32.2. The molecule has 9 heteroatoms. The molecule has 0 saturated heterocycles. The average molecular weight is 378 g/mol. The molecule has 0 aliphatic heterocycles. The Labute approximate surface area is 154 Å². The number of benzene rings is 1. The fraction of sp³-hybridized carbons (Fsp3) is 0.294. The summed E-state index contributed by atoms with van der Waals surface area (Å²) in [5.74, 6) is -0.862. The van der Waals surface area contributed by atoms with Crippen LogP contribution in [0.25, 0.3) is 6.08 Å². The molecule has 0 unspecified atom stereocenters. The van der Waals surface area contributed by atoms with Gasteiger partial charge in [0.1, 0.15) is 10.7 Å². The zero-order valence-corrected chi connectivity index (χ0v) is 15.1. The first-order valence-electron chi connectivity index (χ1n) is 7.86. The molecule has 2 rings (SSSR count). The van der Waals surface area contributed by atoms with Crippen molar-refractivity contribution in [2.45, 2.75) is 25.5 Å². The number of aryl methyl sites for hydroxylation is 1. The van der Waals surface area contributed by atoms with E-state index in [4.69, 9.17) is 13.9 Å². The Bertz CT molecular complexity index is 802. The predicted octanol–water partition coefficient (Wildman–Crippen LogP) is 2.79. The molecule has 0 amide bonds. The third-order valence-electron chi connectivity index (χ3n) is 3.02. The number of rotatable bonds is 9. The molecular weight excluding hydrogens is 360 g/mol. The van der Waals surface area contributed by atoms with E-state index in [1.54, 1.807) is 31.2 Å². The number of carbonyl (C=O) groups excluding carboxylic acids is 1. The van der Waals surface area contributed by atoms with Gasteiger partial charge in [0.25, 0.3) is 5.22 Å². The largest absolute Gasteiger partial charge is 0.481 e. The number of hydrogen-bond donors (Lipinski definition) is 1. The SMILES string of the molecule is CCOC(=O)COc1ccccc1/C=C(\Sc1nnc(CC)o1)C(=O)O. The zero-order valence-electron chi connectivity index (χ0n) is 14.3. The van der Waals surface area contributed by atoms with Gasteiger partial charge in [-0.1, -0.05) is 25.1 Å². The maximum absolute atomic E-state index is 11.6. The number of ether oxygens (including phenoxy) is 2. The number of para-hydroxylation sites is 1. The van der Waals surface area contributed by atoms with E-state index in [0.717, 1.165) is 11.8 Å². The van der Waals surface area contributed by atoms with Crippen LogP contribution in [0, 0.1) is 0 Å². The van der Waals surface area contributed by atoms with Gasteiger partial charge in [0.05, 0.1) is 6.61 Å². The van der Waals surface area contributed by atoms with Gasteiger partial charge in [-0.2, -0.15) is 0 Å². The van der Waals surface area contributed by atoms with Crippen molar-refractivity contribution in [1.29, 1.82) is 0 Å². The summed E-state index contributed by atoms with van der Waals surface area (Å²) in [6.07, 6.45) is 1.98. The quantitative estimate of drug-likeness (QED) is 0.400. The lowest BCUT2D eigenvalue weighted by Crippen LogP contribution is -2.14. The second-order valence-corrected chi connectivity index (χ2v) is 5.86. The normalized spacial score (nSPS) is 11.2. The van der Waals surface area contributed by atoms with Gasteiger partial charge in [0.2, 0.25) is 5.89 Å². The number of carboxylic acids is 1. The van der Waals surface area contributed by atoms with E-state index >= 15 is 0 Å². The van der Waals surface area contributed by atoms with E-state index in [2.05, 4.69) is 10.2 Å². The third-order valence-corrected chi connectivity index (χ3v) is 3.87. The second kappa shape index (κ2) is 9.62. The molecule has 0 saturated carbocycles. The van der Waals surface area contributed by atoms with Crippen molar-refractivity contribution in [2.75, 3.05) is 13.2 Å². The lowest BCUT2D eigenvalue weighted by atomic mass is 10.2. The number of thioether (sulfide) groups is 1. The van der Waals surface area contributed by atoms with Gasteiger partial charge in [0.15, 0.2) is 6.61 Å². The summed E-state index contributed by atoms with van der Waals surface area (Å²) >= 11 is 0.843. The van der Waals surface area contributed by atoms with Crippen LogP contribution in [0.2, 0.25) is 0 Å². The molecule has 8 nitrogen and oxygen atoms in total. The molecule has 0 atom stereocenters. The van der Waals surface area contributed by atoms with Crippen molar-refractivity contribution in [3.63, 3.8) is 0 Å². The summed E-state index contributed by atoms with van der Waals surface area (Å²) in [7, 11) is 0. The van der Waals surface area contributed by atoms with Crippen LogP contribution < -0.4 is 4.74 Å². The number of nitrogens with zero attached hydrogens (tertiary/aromatic N) is 2. The van der Waals surface area contributed by atoms with Gasteiger partial charge in [-0.25, -0.2) is 9.59 Å². The Balaban J connectivity index is 2.20. The van der Waals surface area contributed by atoms with Gasteiger partial charge in [0, 0.05) is 12.0 Å². The first-order chi connectivity index (χ1) is 12.5. The second-order valence-electron chi connectivity index (χ2n) is 4.86. The van der Waals surface area contributed by atoms with Gasteiger partial charge >= 0.3 is 11.9 Å². The van der Waals surface area contributed by atoms with Crippen molar-refractivity contribution in [2.24, 2.45) is 0 Å². The molecule has 138 valence electrons. The van der Waals surface area contributed by atoms with E-state index in [1.165, 1.54) is 6.08 Å². The summed E-state index contributed by atoms with van der Waals surface area (Å²) < 4.78 is 15.6. The van der Waals surface area contributed by atoms with Gasteiger partial charge in [-0.3, -0.25) is 0 Å². The minimum atomic E-state index is -1.15. The minimum Gasteiger partial charge on any atom is -0.481 e. The van der Waals surface area contributed by atoms with Crippen LogP contribution in [0.15, 0.2) is 38.8 Å². The maximum Gasteiger partial charge on any atom is 0.344 e. The molecule has 1 aromatic carbocycles. The summed E-state index contributed by atoms with van der Waals surface area (Å²) in [6, 6.07) is 6.76. The molecule has 1 aromatic heterocycles. The topological polar surface area (TPSA) is 112 Å². The minimum absolute atomic E-state index is 0.0245. The van der Waals surface area contributed by atoms with Crippen LogP contribution in [-0.2, 0) is 20.7 Å². The van der Waals surface area contributed by atoms with Crippen LogP contribution in [0.1, 0.15) is 25.3 Å². The maximum atomic E-state index is 11.6. The van der Waals surface area contributed by atoms with Gasteiger partial charge in [-0.15, -0.1) is 10.2 Å². The fourth-order valence-corrected chi connectivity index (χ4v) is 2.54. The van der Waals surface area contributed by atoms with Crippen molar-refractivity contribution >= 4 is 29.8 Å². The molecule has 0 aliphatic rings. The monoisotopic (exact) mass is 378 g/mol. The number of aromatic nitrogens is 2. The number of hydrogen-bond acceptors (Lipinski definition) is 8. The van der Waals surface area contributed by atoms with Crippen molar-refractivity contribution in [1.82, 2.24) is 10.2 Å². The van der Waals surface area contributed by atoms with E-state index in [-0.39, 0.29) is 23.3 Å². The summed E-state index contributed by atoms with van der Waals surface area (Å²) in [4.78, 5) is 23.0. The Kier molecular flexibility index (Phi) is 7.22. The Hall–Kier alpha value is -2.81. The van der Waals surface area contributed by atoms with Crippen LogP contribution in [0.4, 0.5) is 0 Å². The third kappa shape index (κ3) is 5.62. The van der Waals surface area contributed by atoms with Crippen molar-refractivity contribution < 1.29 is 28.6 Å². The van der Waals surface area contributed by atoms with E-state index in [0.29, 0.717) is 23.6 Å². The van der Waals surface area contributed by atoms with E-state index in [9.17, 15) is 14.7 Å². The molecule has 1 heterocycles. The summed E-state index contributed by atoms with van der Waals surface area (Å²) in [5.41, 5.74) is 0.497. The number of aliphatic carboxylic acids is 1. The number of carbonyl (C=O) groups is 2. The lowest BCUT2D eigenvalue weighted by Gasteiger charge is -2.09. The van der Waals surface area contributed by atoms with Crippen LogP contribution in [-0.4, -0.2) is 40.5 Å². The first-order valence-corrected chi connectivity index (χ1v) is 8.67. The molecule has 0 radical (unpaired) electrons. The molecule has 0 bridgehead atoms. The van der Waals surface area contributed by atoms with Crippen LogP contribution >= 0.6 is 11.8 Å². The highest BCUT2D eigenvalue weighted by molar-refractivity contribution is 8.03. The van der Waals surface area contributed by atoms with E-state index < -0.39 is 11.9 Å². The van der Waals surface area contributed by atoms with Crippen LogP contribution in [0.5, 0.6) is 5.75 Å². The predicted molar refractivity (Wildman–Crippen MR) is 93.7 cm³/mol. The smallest absolute Gasteiger partial charge is 0.344 e. The van der Waals surface area contributed by atoms with Crippen LogP contribution in [0.3, 0.4) is 0 Å². The Morgan fingerprint density at radius 2 is 2.04 bits per heavy atom. The Morgan fingerprint density at radius 1 is 1.27 bits per heavy atom. The summed E-state index contributed by atoms with van der Waals surface area (Å²) in [5, 5.41) is 17.2. The molecule has 0 aliphatic carbocycles. The highest BCUT2D eigenvalue weighted by Gasteiger charge is 2.16. The number of esters is 1. The summed E-state index contributed by atoms with van der Waals surface area (Å²) in [6.45, 7) is 3.55. The Morgan fingerprint density at radius 3 is 2.69 bits per heavy atom. The average Bonchev–Trinajstić information content (AvgIpc) is 3.08. The standard InChI is InChI=1S/C17H18N2O6S/c1-3-14-18-19-17(25-14)26-13(16(21)22)9-11-7-5-6-8-12(11)24-10-15(20)23-4-2/h5-9H,3-4,10H2,1-2H3,(H,21,22)/b13-9-. The molecule has 26 heavy (non-hydrogen) atoms. The van der Waals surface area contributed by atoms with Gasteiger partial charge < -0.3 is 19.0 Å². The lowest BCUT2D eigenvalue weighted by molar-refractivity contribution is -0.145.